The zero-order chi connectivity index (χ0) is 44.9. The number of amides is 6. The van der Waals surface area contributed by atoms with E-state index in [-0.39, 0.29) is 62.8 Å². The van der Waals surface area contributed by atoms with E-state index in [0.717, 1.165) is 0 Å². The SMILES string of the molecule is CC[C@H](C)[C@H](N)C(=O)N[C@@H](CCCCN)C(=O)N[C@@H](CO)C(=O)N1CCC[C@H]1C(=O)N[C@@H](CCCN=C(N)N)C(=O)N[C@@H](Cc1ccc(O)cc1)C(=O)N[C@@H](CO)C(=O)O. The maximum Gasteiger partial charge on any atom is 0.328 e. The number of carbonyl (C=O) groups excluding carboxylic acids is 6. The molecule has 22 heteroatoms. The molecule has 0 saturated carbocycles. The average Bonchev–Trinajstić information content (AvgIpc) is 3.72. The highest BCUT2D eigenvalue weighted by atomic mass is 16.4. The topological polar surface area (TPSA) is 380 Å². The van der Waals surface area contributed by atoms with Crippen LogP contribution >= 0.6 is 0 Å². The van der Waals surface area contributed by atoms with Crippen LogP contribution in [-0.2, 0) is 40.0 Å². The number of carboxylic acids is 1. The van der Waals surface area contributed by atoms with Crippen molar-refractivity contribution in [3.8, 4) is 5.75 Å². The first-order chi connectivity index (χ1) is 28.5. The number of guanidine groups is 1. The van der Waals surface area contributed by atoms with Gasteiger partial charge in [0.05, 0.1) is 19.3 Å². The third kappa shape index (κ3) is 16.2. The highest BCUT2D eigenvalue weighted by Gasteiger charge is 2.40. The van der Waals surface area contributed by atoms with Crippen molar-refractivity contribution in [2.24, 2.45) is 33.8 Å². The number of aliphatic carboxylic acids is 1. The lowest BCUT2D eigenvalue weighted by Gasteiger charge is -2.30. The molecule has 0 spiro atoms. The lowest BCUT2D eigenvalue weighted by molar-refractivity contribution is -0.143. The average molecular weight is 850 g/mol. The standard InChI is InChI=1S/C38H63N11O11/c1-3-21(2)30(40)35(57)45-24(8-4-5-15-39)32(54)47-27(19-50)36(58)49-17-7-10-29(49)34(56)44-25(9-6-16-43-38(41)42)31(53)46-26(18-22-11-13-23(52)14-12-22)33(55)48-28(20-51)37(59)60/h11-14,21,24-30,50-52H,3-10,15-20,39-40H2,1-2H3,(H,44,56)(H,45,57)(H,46,53)(H,47,54)(H,48,55)(H,59,60)(H4,41,42,43)/t21-,24-,25-,26-,27-,28-,29-,30-/m0/s1. The quantitative estimate of drug-likeness (QED) is 0.0240. The van der Waals surface area contributed by atoms with Gasteiger partial charge in [0.15, 0.2) is 5.96 Å². The summed E-state index contributed by atoms with van der Waals surface area (Å²) in [6.07, 6.45) is 2.23. The van der Waals surface area contributed by atoms with Gasteiger partial charge in [0.1, 0.15) is 42.0 Å². The number of aliphatic hydroxyl groups excluding tert-OH is 2. The number of benzene rings is 1. The van der Waals surface area contributed by atoms with E-state index in [0.29, 0.717) is 37.8 Å². The molecule has 60 heavy (non-hydrogen) atoms. The zero-order valence-electron chi connectivity index (χ0n) is 34.2. The highest BCUT2D eigenvalue weighted by Crippen LogP contribution is 2.20. The van der Waals surface area contributed by atoms with Crippen molar-refractivity contribution in [2.75, 3.05) is 32.8 Å². The molecule has 2 rings (SSSR count). The van der Waals surface area contributed by atoms with E-state index in [4.69, 9.17) is 22.9 Å². The van der Waals surface area contributed by atoms with E-state index < -0.39 is 96.9 Å². The van der Waals surface area contributed by atoms with E-state index in [1.54, 1.807) is 6.92 Å². The number of likely N-dealkylation sites (tertiary alicyclic amines) is 1. The van der Waals surface area contributed by atoms with Crippen molar-refractivity contribution in [1.82, 2.24) is 31.5 Å². The summed E-state index contributed by atoms with van der Waals surface area (Å²) in [6.45, 7) is 2.35. The van der Waals surface area contributed by atoms with Crippen LogP contribution in [0.25, 0.3) is 0 Å². The van der Waals surface area contributed by atoms with E-state index >= 15 is 0 Å². The first-order valence-corrected chi connectivity index (χ1v) is 20.0. The van der Waals surface area contributed by atoms with Crippen LogP contribution in [0, 0.1) is 5.92 Å². The first kappa shape index (κ1) is 50.6. The van der Waals surface area contributed by atoms with Gasteiger partial charge in [-0.25, -0.2) is 4.79 Å². The first-order valence-electron chi connectivity index (χ1n) is 20.0. The van der Waals surface area contributed by atoms with Crippen molar-refractivity contribution < 1.29 is 54.0 Å². The molecule has 1 fully saturated rings. The van der Waals surface area contributed by atoms with Crippen LogP contribution in [0.1, 0.15) is 70.8 Å². The summed E-state index contributed by atoms with van der Waals surface area (Å²) in [5.74, 6) is -6.68. The van der Waals surface area contributed by atoms with E-state index in [1.165, 1.54) is 29.2 Å². The van der Waals surface area contributed by atoms with Crippen LogP contribution < -0.4 is 49.5 Å². The van der Waals surface area contributed by atoms with Gasteiger partial charge in [-0.3, -0.25) is 33.8 Å². The van der Waals surface area contributed by atoms with E-state index in [2.05, 4.69) is 31.6 Å². The van der Waals surface area contributed by atoms with Crippen molar-refractivity contribution in [3.63, 3.8) is 0 Å². The smallest absolute Gasteiger partial charge is 0.328 e. The molecular formula is C38H63N11O11. The number of aliphatic imine (C=N–C) groups is 1. The number of carboxylic acid groups (broad SMARTS) is 1. The fourth-order valence-corrected chi connectivity index (χ4v) is 6.35. The summed E-state index contributed by atoms with van der Waals surface area (Å²) in [5, 5.41) is 51.4. The molecule has 6 amide bonds. The summed E-state index contributed by atoms with van der Waals surface area (Å²) >= 11 is 0. The van der Waals surface area contributed by atoms with E-state index in [1.807, 2.05) is 6.92 Å². The number of hydrogen-bond acceptors (Lipinski definition) is 13. The van der Waals surface area contributed by atoms with Crippen molar-refractivity contribution in [2.45, 2.75) is 114 Å². The number of rotatable bonds is 26. The molecule has 1 saturated heterocycles. The minimum Gasteiger partial charge on any atom is -0.508 e. The van der Waals surface area contributed by atoms with Crippen LogP contribution in [0.5, 0.6) is 5.75 Å². The van der Waals surface area contributed by atoms with Gasteiger partial charge in [-0.05, 0) is 75.1 Å². The fourth-order valence-electron chi connectivity index (χ4n) is 6.35. The minimum absolute atomic E-state index is 0.0549. The second-order valence-corrected chi connectivity index (χ2v) is 14.7. The lowest BCUT2D eigenvalue weighted by Crippen LogP contribution is -2.60. The summed E-state index contributed by atoms with van der Waals surface area (Å²) in [5.41, 5.74) is 23.0. The monoisotopic (exact) mass is 849 g/mol. The van der Waals surface area contributed by atoms with Crippen LogP contribution in [0.4, 0.5) is 0 Å². The minimum atomic E-state index is -1.70. The van der Waals surface area contributed by atoms with Gasteiger partial charge in [-0.1, -0.05) is 32.4 Å². The second-order valence-electron chi connectivity index (χ2n) is 14.7. The van der Waals surface area contributed by atoms with Gasteiger partial charge < -0.3 is 74.8 Å². The van der Waals surface area contributed by atoms with Crippen LogP contribution in [0.15, 0.2) is 29.3 Å². The van der Waals surface area contributed by atoms with Crippen LogP contribution in [-0.4, -0.2) is 148 Å². The number of nitrogens with zero attached hydrogens (tertiary/aromatic N) is 2. The Bertz CT molecular complexity index is 1630. The Balaban J connectivity index is 2.32. The number of aliphatic hydroxyl groups is 2. The number of nitrogens with two attached hydrogens (primary N) is 4. The molecule has 22 nitrogen and oxygen atoms in total. The van der Waals surface area contributed by atoms with Crippen molar-refractivity contribution in [3.05, 3.63) is 29.8 Å². The molecule has 336 valence electrons. The maximum atomic E-state index is 13.9. The number of unbranched alkanes of at least 4 members (excludes halogenated alkanes) is 1. The molecule has 0 unspecified atom stereocenters. The molecule has 0 aliphatic carbocycles. The predicted molar refractivity (Wildman–Crippen MR) is 218 cm³/mol. The van der Waals surface area contributed by atoms with Crippen molar-refractivity contribution in [1.29, 1.82) is 0 Å². The molecule has 1 aromatic rings. The van der Waals surface area contributed by atoms with E-state index in [9.17, 15) is 54.0 Å². The van der Waals surface area contributed by atoms with Gasteiger partial charge in [-0.15, -0.1) is 0 Å². The fraction of sp³-hybridized carbons (Fsp3) is 0.632. The summed E-state index contributed by atoms with van der Waals surface area (Å²) < 4.78 is 0. The Labute approximate surface area is 348 Å². The lowest BCUT2D eigenvalue weighted by atomic mass is 9.98. The molecular weight excluding hydrogens is 786 g/mol. The predicted octanol–water partition coefficient (Wildman–Crippen LogP) is -4.03. The maximum absolute atomic E-state index is 13.9. The molecule has 0 radical (unpaired) electrons. The molecule has 0 aromatic heterocycles. The summed E-state index contributed by atoms with van der Waals surface area (Å²) in [4.78, 5) is 98.0. The molecule has 17 N–H and O–H groups in total. The summed E-state index contributed by atoms with van der Waals surface area (Å²) in [7, 11) is 0. The summed E-state index contributed by atoms with van der Waals surface area (Å²) in [6, 6.07) is -3.48. The number of phenols is 1. The van der Waals surface area contributed by atoms with Crippen LogP contribution in [0.3, 0.4) is 0 Å². The third-order valence-electron chi connectivity index (χ3n) is 10.2. The molecule has 1 heterocycles. The van der Waals surface area contributed by atoms with Gasteiger partial charge in [-0.2, -0.15) is 0 Å². The molecule has 1 aliphatic rings. The number of carbonyl (C=O) groups is 7. The third-order valence-corrected chi connectivity index (χ3v) is 10.2. The second kappa shape index (κ2) is 25.8. The van der Waals surface area contributed by atoms with Gasteiger partial charge >= 0.3 is 5.97 Å². The van der Waals surface area contributed by atoms with Gasteiger partial charge in [0.25, 0.3) is 0 Å². The number of nitrogens with one attached hydrogen (secondary N) is 5. The Hall–Kier alpha value is -5.58. The molecule has 1 aromatic carbocycles. The molecule has 8 atom stereocenters. The normalized spacial score (nSPS) is 17.1. The Morgan fingerprint density at radius 3 is 1.92 bits per heavy atom. The largest absolute Gasteiger partial charge is 0.508 e. The van der Waals surface area contributed by atoms with Crippen LogP contribution in [0.2, 0.25) is 0 Å². The highest BCUT2D eigenvalue weighted by molar-refractivity contribution is 5.97. The number of phenolic OH excluding ortho intramolecular Hbond substituents is 1. The van der Waals surface area contributed by atoms with Crippen molar-refractivity contribution >= 4 is 47.4 Å². The Kier molecular flexibility index (Phi) is 21.7. The van der Waals surface area contributed by atoms with Gasteiger partial charge in [0.2, 0.25) is 35.4 Å². The Morgan fingerprint density at radius 2 is 1.35 bits per heavy atom. The zero-order valence-corrected chi connectivity index (χ0v) is 34.2. The Morgan fingerprint density at radius 1 is 0.800 bits per heavy atom. The number of hydrogen-bond donors (Lipinski definition) is 13. The molecule has 1 aliphatic heterocycles. The molecule has 0 bridgehead atoms. The number of aromatic hydroxyl groups is 1. The van der Waals surface area contributed by atoms with Gasteiger partial charge in [0, 0.05) is 19.5 Å².